The van der Waals surface area contributed by atoms with Gasteiger partial charge in [0.25, 0.3) is 5.91 Å². The Hall–Kier alpha value is -2.96. The average molecular weight is 518 g/mol. The number of amides is 1. The molecular formula is C30H51N3O4. The summed E-state index contributed by atoms with van der Waals surface area (Å²) in [6, 6.07) is -0.260. The number of nitrogens with one attached hydrogen (secondary N) is 3. The normalized spacial score (nSPS) is 12.8. The van der Waals surface area contributed by atoms with Crippen molar-refractivity contribution in [1.29, 1.82) is 5.41 Å². The largest absolute Gasteiger partial charge is 0.466 e. The van der Waals surface area contributed by atoms with E-state index in [0.29, 0.717) is 43.7 Å². The van der Waals surface area contributed by atoms with Gasteiger partial charge < -0.3 is 20.8 Å². The van der Waals surface area contributed by atoms with Crippen LogP contribution in [0.4, 0.5) is 0 Å². The van der Waals surface area contributed by atoms with Crippen molar-refractivity contribution in [2.45, 2.75) is 100 Å². The maximum absolute atomic E-state index is 12.8. The van der Waals surface area contributed by atoms with E-state index in [1.165, 1.54) is 0 Å². The van der Waals surface area contributed by atoms with E-state index in [0.717, 1.165) is 24.0 Å². The van der Waals surface area contributed by atoms with Crippen LogP contribution in [0.5, 0.6) is 0 Å². The summed E-state index contributed by atoms with van der Waals surface area (Å²) in [7, 11) is 0. The van der Waals surface area contributed by atoms with Crippen LogP contribution in [0.2, 0.25) is 0 Å². The molecule has 0 aromatic carbocycles. The standard InChI is InChI=1S/C21H37N3O3.C9H14O/c1-8-11-15(5)19(16(6)22)21(26)24-20(14(3)4)17(7)23-13-10-12-18(25)27-9-2;1-4-6-8(3)7-9(10)5-2/h14,20,22-23H,7-13H2,1-6H3,(H,24,26);4,6-7H,5H2,1-3H3/b19-15+,22-16?;6-4-,8-7-. The lowest BCUT2D eigenvalue weighted by atomic mass is 9.97. The first-order chi connectivity index (χ1) is 17.4. The van der Waals surface area contributed by atoms with Gasteiger partial charge in [-0.3, -0.25) is 14.4 Å². The number of carbonyl (C=O) groups excluding carboxylic acids is 3. The molecule has 0 aromatic rings. The van der Waals surface area contributed by atoms with Gasteiger partial charge in [0.2, 0.25) is 0 Å². The van der Waals surface area contributed by atoms with Crippen molar-refractivity contribution in [2.24, 2.45) is 5.92 Å². The summed E-state index contributed by atoms with van der Waals surface area (Å²) in [6.07, 6.45) is 8.81. The first-order valence-electron chi connectivity index (χ1n) is 13.3. The van der Waals surface area contributed by atoms with Crippen LogP contribution < -0.4 is 10.6 Å². The minimum absolute atomic E-state index is 0.137. The van der Waals surface area contributed by atoms with Gasteiger partial charge >= 0.3 is 5.97 Å². The zero-order valence-electron chi connectivity index (χ0n) is 24.7. The molecule has 37 heavy (non-hydrogen) atoms. The van der Waals surface area contributed by atoms with Crippen LogP contribution in [-0.4, -0.2) is 42.6 Å². The molecule has 0 radical (unpaired) electrons. The molecule has 210 valence electrons. The van der Waals surface area contributed by atoms with E-state index in [4.69, 9.17) is 10.1 Å². The van der Waals surface area contributed by atoms with Crippen LogP contribution in [-0.2, 0) is 19.1 Å². The van der Waals surface area contributed by atoms with Crippen molar-refractivity contribution in [1.82, 2.24) is 10.6 Å². The van der Waals surface area contributed by atoms with E-state index in [9.17, 15) is 14.4 Å². The Morgan fingerprint density at radius 3 is 2.14 bits per heavy atom. The van der Waals surface area contributed by atoms with Crippen molar-refractivity contribution < 1.29 is 19.1 Å². The van der Waals surface area contributed by atoms with Crippen LogP contribution in [0, 0.1) is 11.3 Å². The zero-order chi connectivity index (χ0) is 29.0. The molecule has 1 atom stereocenters. The average Bonchev–Trinajstić information content (AvgIpc) is 2.80. The zero-order valence-corrected chi connectivity index (χ0v) is 24.7. The third-order valence-electron chi connectivity index (χ3n) is 5.36. The van der Waals surface area contributed by atoms with Gasteiger partial charge in [0, 0.05) is 30.8 Å². The molecule has 0 aliphatic rings. The van der Waals surface area contributed by atoms with Gasteiger partial charge in [-0.2, -0.15) is 0 Å². The highest BCUT2D eigenvalue weighted by molar-refractivity contribution is 6.20. The van der Waals surface area contributed by atoms with Crippen LogP contribution >= 0.6 is 0 Å². The summed E-state index contributed by atoms with van der Waals surface area (Å²) >= 11 is 0. The second-order valence-corrected chi connectivity index (χ2v) is 9.29. The molecule has 0 saturated carbocycles. The summed E-state index contributed by atoms with van der Waals surface area (Å²) in [5.41, 5.74) is 3.39. The van der Waals surface area contributed by atoms with Gasteiger partial charge in [-0.15, -0.1) is 0 Å². The highest BCUT2D eigenvalue weighted by Crippen LogP contribution is 2.15. The minimum atomic E-state index is -0.260. The summed E-state index contributed by atoms with van der Waals surface area (Å²) in [5.74, 6) is -0.115. The maximum Gasteiger partial charge on any atom is 0.305 e. The predicted octanol–water partition coefficient (Wildman–Crippen LogP) is 6.22. The first-order valence-corrected chi connectivity index (χ1v) is 13.3. The third-order valence-corrected chi connectivity index (χ3v) is 5.36. The molecule has 0 saturated heterocycles. The lowest BCUT2D eigenvalue weighted by Gasteiger charge is -2.26. The number of allylic oxidation sites excluding steroid dienone is 5. The molecule has 0 spiro atoms. The number of hydrogen-bond acceptors (Lipinski definition) is 6. The molecule has 1 unspecified atom stereocenters. The maximum atomic E-state index is 12.8. The quantitative estimate of drug-likeness (QED) is 0.0741. The lowest BCUT2D eigenvalue weighted by Crippen LogP contribution is -2.45. The SMILES string of the molecule is C/C=C\C(C)=C/C(=O)CC.C=C(NCCCC(=O)OCC)C(NC(=O)/C(C(C)=N)=C(\C)CCC)C(C)C. The third kappa shape index (κ3) is 17.2. The van der Waals surface area contributed by atoms with Crippen LogP contribution in [0.15, 0.2) is 47.2 Å². The van der Waals surface area contributed by atoms with Crippen molar-refractivity contribution >= 4 is 23.4 Å². The molecule has 0 aliphatic carbocycles. The van der Waals surface area contributed by atoms with Crippen molar-refractivity contribution in [3.8, 4) is 0 Å². The molecule has 0 rings (SSSR count). The highest BCUT2D eigenvalue weighted by Gasteiger charge is 2.23. The number of ether oxygens (including phenoxy) is 1. The van der Waals surface area contributed by atoms with Crippen LogP contribution in [0.1, 0.15) is 94.4 Å². The Kier molecular flexibility index (Phi) is 20.7. The number of esters is 1. The predicted molar refractivity (Wildman–Crippen MR) is 155 cm³/mol. The van der Waals surface area contributed by atoms with Crippen molar-refractivity contribution in [3.05, 3.63) is 47.2 Å². The molecule has 0 bridgehead atoms. The monoisotopic (exact) mass is 517 g/mol. The fraction of sp³-hybridized carbons (Fsp3) is 0.600. The van der Waals surface area contributed by atoms with Gasteiger partial charge in [-0.05, 0) is 65.0 Å². The Morgan fingerprint density at radius 2 is 1.68 bits per heavy atom. The summed E-state index contributed by atoms with van der Waals surface area (Å²) < 4.78 is 4.91. The molecule has 7 nitrogen and oxygen atoms in total. The molecule has 1 amide bonds. The topological polar surface area (TPSA) is 108 Å². The molecule has 0 aromatic heterocycles. The number of ketones is 1. The first kappa shape index (κ1) is 36.2. The number of rotatable bonds is 16. The number of hydrogen-bond donors (Lipinski definition) is 3. The van der Waals surface area contributed by atoms with E-state index < -0.39 is 0 Å². The van der Waals surface area contributed by atoms with Gasteiger partial charge in [0.05, 0.1) is 18.2 Å². The van der Waals surface area contributed by atoms with Gasteiger partial charge in [-0.1, -0.05) is 58.4 Å². The smallest absolute Gasteiger partial charge is 0.305 e. The Bertz CT molecular complexity index is 851. The fourth-order valence-electron chi connectivity index (χ4n) is 3.55. The molecule has 0 heterocycles. The Balaban J connectivity index is 0. The number of carbonyl (C=O) groups is 3. The van der Waals surface area contributed by atoms with E-state index in [1.807, 2.05) is 53.7 Å². The lowest BCUT2D eigenvalue weighted by molar-refractivity contribution is -0.143. The van der Waals surface area contributed by atoms with Crippen molar-refractivity contribution in [2.75, 3.05) is 13.2 Å². The van der Waals surface area contributed by atoms with Gasteiger partial charge in [0.15, 0.2) is 5.78 Å². The summed E-state index contributed by atoms with van der Waals surface area (Å²) in [6.45, 7) is 22.2. The minimum Gasteiger partial charge on any atom is -0.466 e. The van der Waals surface area contributed by atoms with E-state index in [-0.39, 0.29) is 35.3 Å². The van der Waals surface area contributed by atoms with E-state index >= 15 is 0 Å². The van der Waals surface area contributed by atoms with Gasteiger partial charge in [-0.25, -0.2) is 0 Å². The van der Waals surface area contributed by atoms with Crippen molar-refractivity contribution in [3.63, 3.8) is 0 Å². The molecule has 7 heteroatoms. The molecule has 0 fully saturated rings. The second-order valence-electron chi connectivity index (χ2n) is 9.29. The Morgan fingerprint density at radius 1 is 1.05 bits per heavy atom. The molecule has 0 aliphatic heterocycles. The summed E-state index contributed by atoms with van der Waals surface area (Å²) in [4.78, 5) is 34.9. The van der Waals surface area contributed by atoms with E-state index in [2.05, 4.69) is 24.1 Å². The summed E-state index contributed by atoms with van der Waals surface area (Å²) in [5, 5.41) is 14.2. The highest BCUT2D eigenvalue weighted by atomic mass is 16.5. The Labute approximate surface area is 225 Å². The van der Waals surface area contributed by atoms with Crippen LogP contribution in [0.25, 0.3) is 0 Å². The fourth-order valence-corrected chi connectivity index (χ4v) is 3.55. The van der Waals surface area contributed by atoms with Crippen LogP contribution in [0.3, 0.4) is 0 Å². The van der Waals surface area contributed by atoms with E-state index in [1.54, 1.807) is 19.9 Å². The van der Waals surface area contributed by atoms with Gasteiger partial charge in [0.1, 0.15) is 0 Å². The molecule has 3 N–H and O–H groups in total. The molecular weight excluding hydrogens is 466 g/mol. The second kappa shape index (κ2) is 21.2.